The van der Waals surface area contributed by atoms with Gasteiger partial charge in [-0.2, -0.15) is 0 Å². The summed E-state index contributed by atoms with van der Waals surface area (Å²) in [6.45, 7) is 5.15. The zero-order valence-electron chi connectivity index (χ0n) is 12.6. The average Bonchev–Trinajstić information content (AvgIpc) is 2.78. The van der Waals surface area contributed by atoms with Gasteiger partial charge in [-0.15, -0.1) is 0 Å². The van der Waals surface area contributed by atoms with E-state index >= 15 is 0 Å². The van der Waals surface area contributed by atoms with E-state index in [-0.39, 0.29) is 5.82 Å². The average molecular weight is 280 g/mol. The first-order valence-electron chi connectivity index (χ1n) is 7.30. The Bertz CT molecular complexity index is 438. The fraction of sp³-hybridized carbons (Fsp3) is 0.625. The minimum absolute atomic E-state index is 0.319. The Morgan fingerprint density at radius 1 is 1.35 bits per heavy atom. The van der Waals surface area contributed by atoms with Crippen molar-refractivity contribution in [2.45, 2.75) is 25.5 Å². The topological polar surface area (TPSA) is 26.7 Å². The number of likely N-dealkylation sites (N-methyl/N-ethyl adjacent to an activating group) is 1. The molecule has 1 N–H and O–H groups in total. The predicted molar refractivity (Wildman–Crippen MR) is 79.1 cm³/mol. The Labute approximate surface area is 121 Å². The standard InChI is InChI=1S/C16H25FN2O/c1-12-10-19(11-15(12)18(2)3)9-8-16(20)13-6-4-5-7-14(13)17/h4-7,12,15-16,20H,8-11H2,1-3H3. The van der Waals surface area contributed by atoms with E-state index in [4.69, 9.17) is 0 Å². The second-order valence-electron chi connectivity index (χ2n) is 6.09. The number of likely N-dealkylation sites (tertiary alicyclic amines) is 1. The Kier molecular flexibility index (Phi) is 5.13. The van der Waals surface area contributed by atoms with Crippen molar-refractivity contribution in [2.75, 3.05) is 33.7 Å². The molecule has 1 heterocycles. The van der Waals surface area contributed by atoms with Gasteiger partial charge in [-0.3, -0.25) is 0 Å². The molecule has 1 aromatic carbocycles. The lowest BCUT2D eigenvalue weighted by Crippen LogP contribution is -2.34. The van der Waals surface area contributed by atoms with Gasteiger partial charge >= 0.3 is 0 Å². The maximum Gasteiger partial charge on any atom is 0.128 e. The van der Waals surface area contributed by atoms with Crippen LogP contribution in [0.1, 0.15) is 25.0 Å². The molecule has 0 radical (unpaired) electrons. The van der Waals surface area contributed by atoms with E-state index < -0.39 is 6.10 Å². The molecule has 3 atom stereocenters. The van der Waals surface area contributed by atoms with Crippen molar-refractivity contribution in [3.05, 3.63) is 35.6 Å². The summed E-state index contributed by atoms with van der Waals surface area (Å²) in [5, 5.41) is 10.1. The van der Waals surface area contributed by atoms with Gasteiger partial charge in [-0.05, 0) is 32.5 Å². The fourth-order valence-electron chi connectivity index (χ4n) is 3.11. The van der Waals surface area contributed by atoms with Crippen molar-refractivity contribution in [1.29, 1.82) is 0 Å². The number of halogens is 1. The number of aliphatic hydroxyl groups is 1. The minimum atomic E-state index is -0.718. The highest BCUT2D eigenvalue weighted by atomic mass is 19.1. The van der Waals surface area contributed by atoms with Gasteiger partial charge in [0.1, 0.15) is 5.82 Å². The molecule has 2 rings (SSSR count). The quantitative estimate of drug-likeness (QED) is 0.895. The highest BCUT2D eigenvalue weighted by Crippen LogP contribution is 2.23. The van der Waals surface area contributed by atoms with E-state index in [1.165, 1.54) is 6.07 Å². The highest BCUT2D eigenvalue weighted by Gasteiger charge is 2.30. The molecular weight excluding hydrogens is 255 g/mol. The summed E-state index contributed by atoms with van der Waals surface area (Å²) in [6, 6.07) is 7.05. The van der Waals surface area contributed by atoms with Crippen LogP contribution in [0.4, 0.5) is 4.39 Å². The van der Waals surface area contributed by atoms with Crippen molar-refractivity contribution in [1.82, 2.24) is 9.80 Å². The normalized spacial score (nSPS) is 25.3. The summed E-state index contributed by atoms with van der Waals surface area (Å²) >= 11 is 0. The Morgan fingerprint density at radius 2 is 2.05 bits per heavy atom. The first-order chi connectivity index (χ1) is 9.49. The van der Waals surface area contributed by atoms with E-state index in [0.29, 0.717) is 23.9 Å². The summed E-state index contributed by atoms with van der Waals surface area (Å²) in [6.07, 6.45) is -0.140. The van der Waals surface area contributed by atoms with Crippen LogP contribution in [0.3, 0.4) is 0 Å². The lowest BCUT2D eigenvalue weighted by Gasteiger charge is -2.23. The summed E-state index contributed by atoms with van der Waals surface area (Å²) in [4.78, 5) is 4.62. The summed E-state index contributed by atoms with van der Waals surface area (Å²) in [5.41, 5.74) is 0.406. The molecule has 1 aliphatic heterocycles. The van der Waals surface area contributed by atoms with Crippen LogP contribution in [-0.2, 0) is 0 Å². The third-order valence-electron chi connectivity index (χ3n) is 4.29. The lowest BCUT2D eigenvalue weighted by molar-refractivity contribution is 0.142. The smallest absolute Gasteiger partial charge is 0.128 e. The SMILES string of the molecule is CC1CN(CCC(O)c2ccccc2F)CC1N(C)C. The van der Waals surface area contributed by atoms with Crippen molar-refractivity contribution >= 4 is 0 Å². The maximum absolute atomic E-state index is 13.6. The van der Waals surface area contributed by atoms with Crippen LogP contribution < -0.4 is 0 Å². The molecule has 4 heteroatoms. The van der Waals surface area contributed by atoms with Crippen molar-refractivity contribution in [2.24, 2.45) is 5.92 Å². The number of aliphatic hydroxyl groups excluding tert-OH is 1. The number of benzene rings is 1. The molecule has 1 fully saturated rings. The minimum Gasteiger partial charge on any atom is -0.388 e. The number of hydrogen-bond acceptors (Lipinski definition) is 3. The second kappa shape index (κ2) is 6.66. The van der Waals surface area contributed by atoms with Crippen molar-refractivity contribution in [3.63, 3.8) is 0 Å². The molecule has 0 aliphatic carbocycles. The molecule has 0 spiro atoms. The third kappa shape index (κ3) is 3.57. The first kappa shape index (κ1) is 15.4. The molecule has 0 bridgehead atoms. The molecule has 112 valence electrons. The van der Waals surface area contributed by atoms with Crippen LogP contribution in [0.15, 0.2) is 24.3 Å². The van der Waals surface area contributed by atoms with Crippen LogP contribution in [0.25, 0.3) is 0 Å². The molecule has 1 saturated heterocycles. The van der Waals surface area contributed by atoms with Gasteiger partial charge in [0.15, 0.2) is 0 Å². The van der Waals surface area contributed by atoms with E-state index in [1.807, 2.05) is 0 Å². The van der Waals surface area contributed by atoms with Gasteiger partial charge in [0.2, 0.25) is 0 Å². The van der Waals surface area contributed by atoms with Gasteiger partial charge in [-0.1, -0.05) is 25.1 Å². The molecule has 3 nitrogen and oxygen atoms in total. The van der Waals surface area contributed by atoms with Gasteiger partial charge in [0.05, 0.1) is 6.10 Å². The number of nitrogens with zero attached hydrogens (tertiary/aromatic N) is 2. The number of rotatable bonds is 5. The summed E-state index contributed by atoms with van der Waals surface area (Å²) in [7, 11) is 4.22. The maximum atomic E-state index is 13.6. The van der Waals surface area contributed by atoms with E-state index in [2.05, 4.69) is 30.8 Å². The van der Waals surface area contributed by atoms with E-state index in [0.717, 1.165) is 19.6 Å². The predicted octanol–water partition coefficient (Wildman–Crippen LogP) is 2.13. The molecule has 0 aromatic heterocycles. The first-order valence-corrected chi connectivity index (χ1v) is 7.30. The van der Waals surface area contributed by atoms with Crippen LogP contribution in [0.5, 0.6) is 0 Å². The molecule has 3 unspecified atom stereocenters. The van der Waals surface area contributed by atoms with Gasteiger partial charge in [0.25, 0.3) is 0 Å². The van der Waals surface area contributed by atoms with E-state index in [9.17, 15) is 9.50 Å². The van der Waals surface area contributed by atoms with Crippen LogP contribution in [0.2, 0.25) is 0 Å². The van der Waals surface area contributed by atoms with E-state index in [1.54, 1.807) is 18.2 Å². The lowest BCUT2D eigenvalue weighted by atomic mass is 10.1. The second-order valence-corrected chi connectivity index (χ2v) is 6.09. The molecule has 1 aromatic rings. The highest BCUT2D eigenvalue weighted by molar-refractivity contribution is 5.19. The van der Waals surface area contributed by atoms with Crippen LogP contribution >= 0.6 is 0 Å². The Hall–Kier alpha value is -0.970. The third-order valence-corrected chi connectivity index (χ3v) is 4.29. The fourth-order valence-corrected chi connectivity index (χ4v) is 3.11. The Balaban J connectivity index is 1.86. The molecule has 1 aliphatic rings. The monoisotopic (exact) mass is 280 g/mol. The number of hydrogen-bond donors (Lipinski definition) is 1. The molecule has 0 saturated carbocycles. The van der Waals surface area contributed by atoms with Crippen LogP contribution in [-0.4, -0.2) is 54.7 Å². The van der Waals surface area contributed by atoms with Crippen molar-refractivity contribution < 1.29 is 9.50 Å². The molecular formula is C16H25FN2O. The van der Waals surface area contributed by atoms with Crippen LogP contribution in [0, 0.1) is 11.7 Å². The molecule has 20 heavy (non-hydrogen) atoms. The van der Waals surface area contributed by atoms with Gasteiger partial charge in [-0.25, -0.2) is 4.39 Å². The summed E-state index contributed by atoms with van der Waals surface area (Å²) < 4.78 is 13.6. The zero-order chi connectivity index (χ0) is 14.7. The largest absolute Gasteiger partial charge is 0.388 e. The summed E-state index contributed by atoms with van der Waals surface area (Å²) in [5.74, 6) is 0.316. The Morgan fingerprint density at radius 3 is 2.65 bits per heavy atom. The zero-order valence-corrected chi connectivity index (χ0v) is 12.6. The van der Waals surface area contributed by atoms with Crippen molar-refractivity contribution in [3.8, 4) is 0 Å². The van der Waals surface area contributed by atoms with Gasteiger partial charge in [0, 0.05) is 31.2 Å². The van der Waals surface area contributed by atoms with Gasteiger partial charge < -0.3 is 14.9 Å². The molecule has 0 amide bonds.